The van der Waals surface area contributed by atoms with E-state index >= 15 is 0 Å². The van der Waals surface area contributed by atoms with Crippen molar-refractivity contribution in [2.45, 2.75) is 51.8 Å². The van der Waals surface area contributed by atoms with Crippen LogP contribution in [-0.4, -0.2) is 42.7 Å². The molecule has 1 aliphatic rings. The molecule has 0 radical (unpaired) electrons. The highest BCUT2D eigenvalue weighted by Crippen LogP contribution is 2.16. The summed E-state index contributed by atoms with van der Waals surface area (Å²) in [7, 11) is 2.20. The summed E-state index contributed by atoms with van der Waals surface area (Å²) in [6.45, 7) is 6.80. The lowest BCUT2D eigenvalue weighted by Gasteiger charge is -2.32. The Morgan fingerprint density at radius 2 is 2.40 bits per heavy atom. The molecule has 0 bridgehead atoms. The summed E-state index contributed by atoms with van der Waals surface area (Å²) in [5, 5.41) is 6.66. The van der Waals surface area contributed by atoms with Gasteiger partial charge in [-0.3, -0.25) is 0 Å². The third kappa shape index (κ3) is 5.13. The molecule has 114 valence electrons. The second-order valence-electron chi connectivity index (χ2n) is 5.55. The monoisotopic (exact) mass is 297 g/mol. The molecule has 2 rings (SSSR count). The summed E-state index contributed by atoms with van der Waals surface area (Å²) < 4.78 is 5.85. The maximum absolute atomic E-state index is 5.85. The third-order valence-electron chi connectivity index (χ3n) is 3.78. The minimum atomic E-state index is 0.591. The van der Waals surface area contributed by atoms with E-state index in [-0.39, 0.29) is 0 Å². The molecule has 1 aromatic heterocycles. The van der Waals surface area contributed by atoms with Crippen LogP contribution in [0.25, 0.3) is 0 Å². The highest BCUT2D eigenvalue weighted by molar-refractivity contribution is 7.09. The van der Waals surface area contributed by atoms with Crippen LogP contribution < -0.4 is 5.32 Å². The topological polar surface area (TPSA) is 37.4 Å². The van der Waals surface area contributed by atoms with E-state index in [2.05, 4.69) is 34.6 Å². The Morgan fingerprint density at radius 1 is 1.50 bits per heavy atom. The standard InChI is InChI=1S/C15H27N3OS/c1-3-7-16-9-15-17-13(12-20-15)10-19-11-14-6-4-5-8-18(14)2/h12,14,16H,3-11H2,1-2H3. The molecule has 0 saturated carbocycles. The van der Waals surface area contributed by atoms with E-state index in [0.29, 0.717) is 12.6 Å². The summed E-state index contributed by atoms with van der Waals surface area (Å²) in [6, 6.07) is 0.591. The van der Waals surface area contributed by atoms with Crippen LogP contribution in [0.1, 0.15) is 43.3 Å². The minimum Gasteiger partial charge on any atom is -0.374 e. The first-order valence-corrected chi connectivity index (χ1v) is 8.59. The Labute approximate surface area is 126 Å². The molecular formula is C15H27N3OS. The van der Waals surface area contributed by atoms with Crippen molar-refractivity contribution in [3.05, 3.63) is 16.1 Å². The number of rotatable bonds is 8. The molecule has 1 aliphatic heterocycles. The summed E-state index contributed by atoms with van der Waals surface area (Å²) >= 11 is 1.72. The number of likely N-dealkylation sites (N-methyl/N-ethyl adjacent to an activating group) is 1. The molecule has 0 aliphatic carbocycles. The van der Waals surface area contributed by atoms with Crippen molar-refractivity contribution < 1.29 is 4.74 Å². The quantitative estimate of drug-likeness (QED) is 0.749. The molecule has 20 heavy (non-hydrogen) atoms. The van der Waals surface area contributed by atoms with Crippen LogP contribution in [0.5, 0.6) is 0 Å². The Bertz CT molecular complexity index is 383. The highest BCUT2D eigenvalue weighted by atomic mass is 32.1. The van der Waals surface area contributed by atoms with Gasteiger partial charge in [-0.2, -0.15) is 0 Å². The number of hydrogen-bond acceptors (Lipinski definition) is 5. The zero-order chi connectivity index (χ0) is 14.2. The van der Waals surface area contributed by atoms with Gasteiger partial charge < -0.3 is 15.0 Å². The number of piperidine rings is 1. The number of likely N-dealkylation sites (tertiary alicyclic amines) is 1. The predicted octanol–water partition coefficient (Wildman–Crippen LogP) is 2.64. The van der Waals surface area contributed by atoms with Crippen LogP contribution in [-0.2, 0) is 17.9 Å². The van der Waals surface area contributed by atoms with E-state index in [1.165, 1.54) is 25.8 Å². The van der Waals surface area contributed by atoms with E-state index in [0.717, 1.165) is 36.8 Å². The van der Waals surface area contributed by atoms with Gasteiger partial charge in [0, 0.05) is 18.0 Å². The molecule has 1 N–H and O–H groups in total. The van der Waals surface area contributed by atoms with Crippen molar-refractivity contribution in [3.8, 4) is 0 Å². The van der Waals surface area contributed by atoms with Crippen molar-refractivity contribution in [2.24, 2.45) is 0 Å². The molecule has 1 saturated heterocycles. The van der Waals surface area contributed by atoms with Crippen molar-refractivity contribution in [2.75, 3.05) is 26.7 Å². The molecule has 0 aromatic carbocycles. The van der Waals surface area contributed by atoms with E-state index in [1.807, 2.05) is 0 Å². The number of thiazole rings is 1. The van der Waals surface area contributed by atoms with Crippen LogP contribution in [0.15, 0.2) is 5.38 Å². The van der Waals surface area contributed by atoms with Gasteiger partial charge >= 0.3 is 0 Å². The minimum absolute atomic E-state index is 0.591. The van der Waals surface area contributed by atoms with Crippen LogP contribution in [0.3, 0.4) is 0 Å². The van der Waals surface area contributed by atoms with Gasteiger partial charge in [0.25, 0.3) is 0 Å². The maximum Gasteiger partial charge on any atom is 0.107 e. The lowest BCUT2D eigenvalue weighted by molar-refractivity contribution is 0.0432. The second kappa shape index (κ2) is 8.72. The lowest BCUT2D eigenvalue weighted by atomic mass is 10.0. The van der Waals surface area contributed by atoms with Gasteiger partial charge in [0.15, 0.2) is 0 Å². The molecular weight excluding hydrogens is 270 g/mol. The number of ether oxygens (including phenoxy) is 1. The fourth-order valence-corrected chi connectivity index (χ4v) is 3.27. The molecule has 1 fully saturated rings. The first kappa shape index (κ1) is 15.9. The molecule has 1 aromatic rings. The average molecular weight is 297 g/mol. The number of hydrogen-bond donors (Lipinski definition) is 1. The predicted molar refractivity (Wildman–Crippen MR) is 84.0 cm³/mol. The van der Waals surface area contributed by atoms with E-state index in [1.54, 1.807) is 11.3 Å². The molecule has 0 amide bonds. The first-order chi connectivity index (χ1) is 9.79. The fraction of sp³-hybridized carbons (Fsp3) is 0.800. The maximum atomic E-state index is 5.85. The molecule has 1 atom stereocenters. The van der Waals surface area contributed by atoms with Crippen LogP contribution >= 0.6 is 11.3 Å². The lowest BCUT2D eigenvalue weighted by Crippen LogP contribution is -2.39. The van der Waals surface area contributed by atoms with Gasteiger partial charge in [0.1, 0.15) is 5.01 Å². The van der Waals surface area contributed by atoms with Crippen molar-refractivity contribution in [1.29, 1.82) is 0 Å². The van der Waals surface area contributed by atoms with Gasteiger partial charge in [0.2, 0.25) is 0 Å². The Balaban J connectivity index is 1.66. The average Bonchev–Trinajstić information content (AvgIpc) is 2.89. The zero-order valence-electron chi connectivity index (χ0n) is 12.7. The van der Waals surface area contributed by atoms with Gasteiger partial charge in [0.05, 0.1) is 18.9 Å². The van der Waals surface area contributed by atoms with Crippen molar-refractivity contribution in [3.63, 3.8) is 0 Å². The number of nitrogens with one attached hydrogen (secondary N) is 1. The summed E-state index contributed by atoms with van der Waals surface area (Å²) in [5.74, 6) is 0. The Kier molecular flexibility index (Phi) is 6.93. The summed E-state index contributed by atoms with van der Waals surface area (Å²) in [5.41, 5.74) is 1.07. The summed E-state index contributed by atoms with van der Waals surface area (Å²) in [6.07, 6.45) is 5.09. The Morgan fingerprint density at radius 3 is 3.20 bits per heavy atom. The van der Waals surface area contributed by atoms with E-state index < -0.39 is 0 Å². The molecule has 2 heterocycles. The Hall–Kier alpha value is -0.490. The second-order valence-corrected chi connectivity index (χ2v) is 6.50. The van der Waals surface area contributed by atoms with Gasteiger partial charge in [-0.1, -0.05) is 13.3 Å². The molecule has 0 spiro atoms. The van der Waals surface area contributed by atoms with Crippen LogP contribution in [0.4, 0.5) is 0 Å². The smallest absolute Gasteiger partial charge is 0.107 e. The van der Waals surface area contributed by atoms with Crippen molar-refractivity contribution >= 4 is 11.3 Å². The molecule has 1 unspecified atom stereocenters. The largest absolute Gasteiger partial charge is 0.374 e. The highest BCUT2D eigenvalue weighted by Gasteiger charge is 2.18. The van der Waals surface area contributed by atoms with Gasteiger partial charge in [-0.15, -0.1) is 11.3 Å². The van der Waals surface area contributed by atoms with Crippen LogP contribution in [0, 0.1) is 0 Å². The molecule has 4 nitrogen and oxygen atoms in total. The number of aromatic nitrogens is 1. The third-order valence-corrected chi connectivity index (χ3v) is 4.68. The number of nitrogens with zero attached hydrogens (tertiary/aromatic N) is 2. The zero-order valence-corrected chi connectivity index (χ0v) is 13.5. The fourth-order valence-electron chi connectivity index (χ4n) is 2.52. The normalized spacial score (nSPS) is 20.4. The first-order valence-electron chi connectivity index (χ1n) is 7.71. The van der Waals surface area contributed by atoms with Gasteiger partial charge in [-0.25, -0.2) is 4.98 Å². The summed E-state index contributed by atoms with van der Waals surface area (Å²) in [4.78, 5) is 7.02. The van der Waals surface area contributed by atoms with Gasteiger partial charge in [-0.05, 0) is 39.4 Å². The SMILES string of the molecule is CCCNCc1nc(COCC2CCCCN2C)cs1. The van der Waals surface area contributed by atoms with Crippen molar-refractivity contribution in [1.82, 2.24) is 15.2 Å². The van der Waals surface area contributed by atoms with Crippen LogP contribution in [0.2, 0.25) is 0 Å². The van der Waals surface area contributed by atoms with E-state index in [9.17, 15) is 0 Å². The van der Waals surface area contributed by atoms with E-state index in [4.69, 9.17) is 4.74 Å². The molecule has 5 heteroatoms.